The second-order valence-corrected chi connectivity index (χ2v) is 4.66. The highest BCUT2D eigenvalue weighted by Crippen LogP contribution is 2.18. The number of ether oxygens (including phenoxy) is 1. The van der Waals surface area contributed by atoms with Gasteiger partial charge in [-0.15, -0.1) is 0 Å². The first-order valence-electron chi connectivity index (χ1n) is 7.09. The maximum Gasteiger partial charge on any atom is 0.119 e. The minimum Gasteiger partial charge on any atom is -0.494 e. The van der Waals surface area contributed by atoms with Crippen LogP contribution in [0.4, 0.5) is 0 Å². The summed E-state index contributed by atoms with van der Waals surface area (Å²) in [5, 5.41) is 9.26. The van der Waals surface area contributed by atoms with Crippen molar-refractivity contribution in [3.8, 4) is 11.8 Å². The summed E-state index contributed by atoms with van der Waals surface area (Å²) in [4.78, 5) is 4.20. The van der Waals surface area contributed by atoms with Crippen LogP contribution in [0.15, 0.2) is 48.7 Å². The van der Waals surface area contributed by atoms with Crippen molar-refractivity contribution in [1.29, 1.82) is 5.26 Å². The first-order chi connectivity index (χ1) is 10.3. The van der Waals surface area contributed by atoms with E-state index in [0.29, 0.717) is 11.3 Å². The zero-order chi connectivity index (χ0) is 14.9. The zero-order valence-corrected chi connectivity index (χ0v) is 12.1. The van der Waals surface area contributed by atoms with E-state index in [9.17, 15) is 5.26 Å². The molecule has 1 aromatic heterocycles. The summed E-state index contributed by atoms with van der Waals surface area (Å²) in [6, 6.07) is 15.5. The lowest BCUT2D eigenvalue weighted by Gasteiger charge is -2.05. The van der Waals surface area contributed by atoms with E-state index in [0.717, 1.165) is 30.8 Å². The van der Waals surface area contributed by atoms with Gasteiger partial charge >= 0.3 is 0 Å². The molecule has 0 saturated heterocycles. The van der Waals surface area contributed by atoms with Gasteiger partial charge in [-0.1, -0.05) is 31.5 Å². The molecule has 1 aromatic carbocycles. The third-order valence-electron chi connectivity index (χ3n) is 3.02. The Morgan fingerprint density at radius 2 is 2.05 bits per heavy atom. The Morgan fingerprint density at radius 3 is 2.67 bits per heavy atom. The first kappa shape index (κ1) is 14.8. The van der Waals surface area contributed by atoms with Crippen molar-refractivity contribution >= 4 is 11.6 Å². The van der Waals surface area contributed by atoms with E-state index in [2.05, 4.69) is 18.0 Å². The summed E-state index contributed by atoms with van der Waals surface area (Å²) in [6.07, 6.45) is 5.69. The fourth-order valence-electron chi connectivity index (χ4n) is 1.85. The highest BCUT2D eigenvalue weighted by atomic mass is 16.5. The predicted molar refractivity (Wildman–Crippen MR) is 84.6 cm³/mol. The molecular weight excluding hydrogens is 260 g/mol. The maximum atomic E-state index is 9.26. The standard InChI is InChI=1S/C18H18N2O/c1-2-3-12-21-17-9-7-15(8-10-17)13-16(14-19)18-6-4-5-11-20-18/h4-11,13H,2-3,12H2,1H3. The highest BCUT2D eigenvalue weighted by molar-refractivity contribution is 5.88. The molecule has 3 nitrogen and oxygen atoms in total. The van der Waals surface area contributed by atoms with Gasteiger partial charge < -0.3 is 4.74 Å². The summed E-state index contributed by atoms with van der Waals surface area (Å²) in [5.74, 6) is 0.858. The second kappa shape index (κ2) is 7.86. The number of rotatable bonds is 6. The lowest BCUT2D eigenvalue weighted by Crippen LogP contribution is -1.95. The van der Waals surface area contributed by atoms with Crippen LogP contribution in [0.25, 0.3) is 11.6 Å². The van der Waals surface area contributed by atoms with Crippen LogP contribution in [0.5, 0.6) is 5.75 Å². The van der Waals surface area contributed by atoms with Gasteiger partial charge in [0.1, 0.15) is 11.8 Å². The molecule has 0 bridgehead atoms. The number of unbranched alkanes of at least 4 members (excludes halogenated alkanes) is 1. The summed E-state index contributed by atoms with van der Waals surface area (Å²) >= 11 is 0. The number of nitrogens with zero attached hydrogens (tertiary/aromatic N) is 2. The lowest BCUT2D eigenvalue weighted by atomic mass is 10.1. The third-order valence-corrected chi connectivity index (χ3v) is 3.02. The van der Waals surface area contributed by atoms with Crippen molar-refractivity contribution in [3.05, 3.63) is 59.9 Å². The normalized spacial score (nSPS) is 11.0. The average molecular weight is 278 g/mol. The minimum atomic E-state index is 0.551. The lowest BCUT2D eigenvalue weighted by molar-refractivity contribution is 0.309. The average Bonchev–Trinajstić information content (AvgIpc) is 2.55. The van der Waals surface area contributed by atoms with Crippen molar-refractivity contribution < 1.29 is 4.74 Å². The molecule has 0 aliphatic heterocycles. The van der Waals surface area contributed by atoms with Gasteiger partial charge in [0.25, 0.3) is 0 Å². The highest BCUT2D eigenvalue weighted by Gasteiger charge is 2.01. The molecule has 0 unspecified atom stereocenters. The fraction of sp³-hybridized carbons (Fsp3) is 0.222. The molecule has 0 aliphatic carbocycles. The van der Waals surface area contributed by atoms with Crippen LogP contribution < -0.4 is 4.74 Å². The topological polar surface area (TPSA) is 45.9 Å². The van der Waals surface area contributed by atoms with Crippen molar-refractivity contribution in [3.63, 3.8) is 0 Å². The molecule has 0 aliphatic rings. The van der Waals surface area contributed by atoms with Crippen LogP contribution in [0.1, 0.15) is 31.0 Å². The Balaban J connectivity index is 2.11. The summed E-state index contributed by atoms with van der Waals surface area (Å²) in [7, 11) is 0. The molecule has 1 heterocycles. The van der Waals surface area contributed by atoms with Gasteiger partial charge in [0.05, 0.1) is 17.9 Å². The van der Waals surface area contributed by atoms with Crippen LogP contribution in [-0.4, -0.2) is 11.6 Å². The molecule has 0 N–H and O–H groups in total. The maximum absolute atomic E-state index is 9.26. The van der Waals surface area contributed by atoms with Crippen LogP contribution >= 0.6 is 0 Å². The van der Waals surface area contributed by atoms with E-state index in [4.69, 9.17) is 4.74 Å². The number of nitriles is 1. The van der Waals surface area contributed by atoms with Gasteiger partial charge in [-0.05, 0) is 42.3 Å². The first-order valence-corrected chi connectivity index (χ1v) is 7.09. The van der Waals surface area contributed by atoms with Crippen LogP contribution in [-0.2, 0) is 0 Å². The molecule has 106 valence electrons. The molecule has 3 heteroatoms. The predicted octanol–water partition coefficient (Wildman–Crippen LogP) is 4.32. The fourth-order valence-corrected chi connectivity index (χ4v) is 1.85. The van der Waals surface area contributed by atoms with Crippen molar-refractivity contribution in [2.24, 2.45) is 0 Å². The van der Waals surface area contributed by atoms with Crippen LogP contribution in [0.2, 0.25) is 0 Å². The van der Waals surface area contributed by atoms with Crippen molar-refractivity contribution in [2.45, 2.75) is 19.8 Å². The number of pyridine rings is 1. The van der Waals surface area contributed by atoms with Crippen LogP contribution in [0, 0.1) is 11.3 Å². The summed E-state index contributed by atoms with van der Waals surface area (Å²) in [5.41, 5.74) is 2.19. The summed E-state index contributed by atoms with van der Waals surface area (Å²) in [6.45, 7) is 2.88. The molecular formula is C18H18N2O. The molecule has 0 radical (unpaired) electrons. The summed E-state index contributed by atoms with van der Waals surface area (Å²) < 4.78 is 5.62. The molecule has 2 aromatic rings. The SMILES string of the molecule is CCCCOc1ccc(C=C(C#N)c2ccccn2)cc1. The second-order valence-electron chi connectivity index (χ2n) is 4.66. The van der Waals surface area contributed by atoms with Crippen molar-refractivity contribution in [2.75, 3.05) is 6.61 Å². The Morgan fingerprint density at radius 1 is 1.24 bits per heavy atom. The quantitative estimate of drug-likeness (QED) is 0.583. The van der Waals surface area contributed by atoms with E-state index in [1.807, 2.05) is 48.5 Å². The number of aromatic nitrogens is 1. The van der Waals surface area contributed by atoms with Gasteiger partial charge in [0.2, 0.25) is 0 Å². The third kappa shape index (κ3) is 4.47. The number of hydrogen-bond donors (Lipinski definition) is 0. The Bertz CT molecular complexity index is 625. The minimum absolute atomic E-state index is 0.551. The monoisotopic (exact) mass is 278 g/mol. The van der Waals surface area contributed by atoms with E-state index in [1.165, 1.54) is 0 Å². The van der Waals surface area contributed by atoms with Gasteiger partial charge in [0.15, 0.2) is 0 Å². The zero-order valence-electron chi connectivity index (χ0n) is 12.1. The van der Waals surface area contributed by atoms with Gasteiger partial charge in [-0.25, -0.2) is 0 Å². The number of benzene rings is 1. The van der Waals surface area contributed by atoms with E-state index in [1.54, 1.807) is 6.20 Å². The van der Waals surface area contributed by atoms with Gasteiger partial charge in [0, 0.05) is 6.20 Å². The molecule has 2 rings (SSSR count). The number of hydrogen-bond acceptors (Lipinski definition) is 3. The van der Waals surface area contributed by atoms with E-state index >= 15 is 0 Å². The molecule has 21 heavy (non-hydrogen) atoms. The smallest absolute Gasteiger partial charge is 0.119 e. The molecule has 0 amide bonds. The Kier molecular flexibility index (Phi) is 5.54. The van der Waals surface area contributed by atoms with Gasteiger partial charge in [-0.2, -0.15) is 5.26 Å². The molecule has 0 atom stereocenters. The largest absolute Gasteiger partial charge is 0.494 e. The molecule has 0 fully saturated rings. The van der Waals surface area contributed by atoms with Crippen LogP contribution in [0.3, 0.4) is 0 Å². The number of allylic oxidation sites excluding steroid dienone is 1. The molecule has 0 saturated carbocycles. The Labute approximate surface area is 125 Å². The van der Waals surface area contributed by atoms with E-state index < -0.39 is 0 Å². The Hall–Kier alpha value is -2.60. The van der Waals surface area contributed by atoms with E-state index in [-0.39, 0.29) is 0 Å². The van der Waals surface area contributed by atoms with Gasteiger partial charge in [-0.3, -0.25) is 4.98 Å². The molecule has 0 spiro atoms. The van der Waals surface area contributed by atoms with Crippen molar-refractivity contribution in [1.82, 2.24) is 4.98 Å².